The molecular weight excluding hydrogens is 354 g/mol. The van der Waals surface area contributed by atoms with E-state index in [0.29, 0.717) is 17.1 Å². The minimum Gasteiger partial charge on any atom is -0.378 e. The molecule has 0 fully saturated rings. The van der Waals surface area contributed by atoms with Crippen molar-refractivity contribution in [1.82, 2.24) is 14.4 Å². The molecule has 1 aromatic carbocycles. The van der Waals surface area contributed by atoms with Gasteiger partial charge in [-0.1, -0.05) is 11.6 Å². The molecule has 3 aromatic rings. The molecule has 0 bridgehead atoms. The van der Waals surface area contributed by atoms with Crippen LogP contribution in [0.2, 0.25) is 5.02 Å². The Hall–Kier alpha value is -2.10. The quantitative estimate of drug-likeness (QED) is 0.772. The molecule has 2 heterocycles. The Morgan fingerprint density at radius 2 is 2.19 bits per heavy atom. The van der Waals surface area contributed by atoms with Crippen molar-refractivity contribution < 1.29 is 0 Å². The van der Waals surface area contributed by atoms with Crippen LogP contribution in [-0.4, -0.2) is 14.4 Å². The lowest BCUT2D eigenvalue weighted by molar-refractivity contribution is 0.983. The van der Waals surface area contributed by atoms with E-state index in [2.05, 4.69) is 37.3 Å². The zero-order valence-corrected chi connectivity index (χ0v) is 13.1. The number of nitriles is 1. The minimum absolute atomic E-state index is 0.534. The molecule has 0 spiro atoms. The second-order valence-corrected chi connectivity index (χ2v) is 5.57. The van der Waals surface area contributed by atoms with Gasteiger partial charge in [-0.2, -0.15) is 5.26 Å². The van der Waals surface area contributed by atoms with Gasteiger partial charge in [-0.15, -0.1) is 0 Å². The summed E-state index contributed by atoms with van der Waals surface area (Å²) in [5.74, 6) is 0. The third-order valence-corrected chi connectivity index (χ3v) is 3.74. The van der Waals surface area contributed by atoms with Crippen molar-refractivity contribution in [3.63, 3.8) is 0 Å². The number of hydrogen-bond acceptors (Lipinski definition) is 4. The van der Waals surface area contributed by atoms with Gasteiger partial charge < -0.3 is 5.32 Å². The molecule has 0 radical (unpaired) electrons. The summed E-state index contributed by atoms with van der Waals surface area (Å²) in [5.41, 5.74) is 3.02. The smallest absolute Gasteiger partial charge is 0.155 e. The SMILES string of the molecule is N#Cc1ccc(Cl)c(NCc2cnc3cnc(Br)cn23)c1. The highest BCUT2D eigenvalue weighted by molar-refractivity contribution is 9.10. The fraction of sp³-hybridized carbons (Fsp3) is 0.0714. The van der Waals surface area contributed by atoms with Crippen molar-refractivity contribution in [3.05, 3.63) is 57.7 Å². The first-order valence-electron chi connectivity index (χ1n) is 6.08. The molecule has 3 rings (SSSR count). The van der Waals surface area contributed by atoms with Crippen LogP contribution in [0.5, 0.6) is 0 Å². The van der Waals surface area contributed by atoms with Gasteiger partial charge in [0.25, 0.3) is 0 Å². The molecular formula is C14H9BrClN5. The third-order valence-electron chi connectivity index (χ3n) is 3.00. The Bertz CT molecular complexity index is 852. The Kier molecular flexibility index (Phi) is 3.78. The fourth-order valence-electron chi connectivity index (χ4n) is 1.96. The monoisotopic (exact) mass is 361 g/mol. The molecule has 0 unspecified atom stereocenters. The maximum atomic E-state index is 8.93. The molecule has 0 saturated carbocycles. The van der Waals surface area contributed by atoms with Crippen LogP contribution in [0.4, 0.5) is 5.69 Å². The van der Waals surface area contributed by atoms with Gasteiger partial charge in [0.15, 0.2) is 5.65 Å². The number of fused-ring (bicyclic) bond motifs is 1. The van der Waals surface area contributed by atoms with Gasteiger partial charge in [0.05, 0.1) is 47.0 Å². The van der Waals surface area contributed by atoms with Crippen LogP contribution in [0.3, 0.4) is 0 Å². The summed E-state index contributed by atoms with van der Waals surface area (Å²) in [6, 6.07) is 7.21. The standard InChI is InChI=1S/C14H9BrClN5/c15-13-8-21-10(6-20-14(21)7-19-13)5-18-12-3-9(4-17)1-2-11(12)16/h1-3,6-8,18H,5H2. The number of halogens is 2. The molecule has 0 amide bonds. The average molecular weight is 363 g/mol. The first-order valence-corrected chi connectivity index (χ1v) is 7.25. The molecule has 7 heteroatoms. The maximum Gasteiger partial charge on any atom is 0.155 e. The number of aromatic nitrogens is 3. The Morgan fingerprint density at radius 3 is 3.00 bits per heavy atom. The van der Waals surface area contributed by atoms with E-state index >= 15 is 0 Å². The number of rotatable bonds is 3. The van der Waals surface area contributed by atoms with E-state index in [1.807, 2.05) is 10.6 Å². The van der Waals surface area contributed by atoms with Crippen LogP contribution in [-0.2, 0) is 6.54 Å². The van der Waals surface area contributed by atoms with Crippen molar-refractivity contribution >= 4 is 38.9 Å². The lowest BCUT2D eigenvalue weighted by Crippen LogP contribution is -2.03. The van der Waals surface area contributed by atoms with Crippen molar-refractivity contribution in [2.45, 2.75) is 6.54 Å². The molecule has 5 nitrogen and oxygen atoms in total. The number of nitrogens with zero attached hydrogens (tertiary/aromatic N) is 4. The van der Waals surface area contributed by atoms with Crippen molar-refractivity contribution in [2.75, 3.05) is 5.32 Å². The summed E-state index contributed by atoms with van der Waals surface area (Å²) >= 11 is 9.47. The summed E-state index contributed by atoms with van der Waals surface area (Å²) in [4.78, 5) is 8.41. The molecule has 2 aromatic heterocycles. The summed E-state index contributed by atoms with van der Waals surface area (Å²) in [6.07, 6.45) is 5.32. The van der Waals surface area contributed by atoms with Crippen LogP contribution in [0.15, 0.2) is 41.4 Å². The normalized spacial score (nSPS) is 10.5. The lowest BCUT2D eigenvalue weighted by Gasteiger charge is -2.08. The molecule has 104 valence electrons. The Balaban J connectivity index is 1.87. The zero-order valence-electron chi connectivity index (χ0n) is 10.7. The van der Waals surface area contributed by atoms with Gasteiger partial charge in [-0.25, -0.2) is 9.97 Å². The van der Waals surface area contributed by atoms with E-state index < -0.39 is 0 Å². The van der Waals surface area contributed by atoms with E-state index in [0.717, 1.165) is 21.6 Å². The molecule has 1 N–H and O–H groups in total. The fourth-order valence-corrected chi connectivity index (χ4v) is 2.45. The predicted molar refractivity (Wildman–Crippen MR) is 84.2 cm³/mol. The highest BCUT2D eigenvalue weighted by Gasteiger charge is 2.06. The van der Waals surface area contributed by atoms with Crippen LogP contribution in [0.25, 0.3) is 5.65 Å². The summed E-state index contributed by atoms with van der Waals surface area (Å²) < 4.78 is 2.67. The summed E-state index contributed by atoms with van der Waals surface area (Å²) in [7, 11) is 0. The Morgan fingerprint density at radius 1 is 1.33 bits per heavy atom. The van der Waals surface area contributed by atoms with Crippen molar-refractivity contribution in [2.24, 2.45) is 0 Å². The van der Waals surface area contributed by atoms with Crippen LogP contribution in [0, 0.1) is 11.3 Å². The highest BCUT2D eigenvalue weighted by Crippen LogP contribution is 2.23. The summed E-state index contributed by atoms with van der Waals surface area (Å²) in [5, 5.41) is 12.7. The van der Waals surface area contributed by atoms with Crippen LogP contribution in [0.1, 0.15) is 11.3 Å². The second kappa shape index (κ2) is 5.72. The maximum absolute atomic E-state index is 8.93. The van der Waals surface area contributed by atoms with Gasteiger partial charge in [-0.05, 0) is 34.1 Å². The van der Waals surface area contributed by atoms with Gasteiger partial charge in [-0.3, -0.25) is 4.40 Å². The van der Waals surface area contributed by atoms with E-state index in [-0.39, 0.29) is 0 Å². The number of nitrogens with one attached hydrogen (secondary N) is 1. The van der Waals surface area contributed by atoms with E-state index in [1.54, 1.807) is 30.6 Å². The van der Waals surface area contributed by atoms with Gasteiger partial charge in [0.1, 0.15) is 4.60 Å². The van der Waals surface area contributed by atoms with Crippen molar-refractivity contribution in [3.8, 4) is 6.07 Å². The van der Waals surface area contributed by atoms with Crippen LogP contribution >= 0.6 is 27.5 Å². The first-order chi connectivity index (χ1) is 10.2. The third kappa shape index (κ3) is 2.84. The van der Waals surface area contributed by atoms with E-state index in [9.17, 15) is 0 Å². The van der Waals surface area contributed by atoms with Crippen molar-refractivity contribution in [1.29, 1.82) is 5.26 Å². The molecule has 0 aliphatic rings. The van der Waals surface area contributed by atoms with Crippen LogP contribution < -0.4 is 5.32 Å². The lowest BCUT2D eigenvalue weighted by atomic mass is 10.2. The molecule has 0 atom stereocenters. The van der Waals surface area contributed by atoms with Gasteiger partial charge in [0, 0.05) is 6.20 Å². The zero-order chi connectivity index (χ0) is 14.8. The van der Waals surface area contributed by atoms with Gasteiger partial charge >= 0.3 is 0 Å². The molecule has 0 aliphatic heterocycles. The number of benzene rings is 1. The number of hydrogen-bond donors (Lipinski definition) is 1. The molecule has 21 heavy (non-hydrogen) atoms. The summed E-state index contributed by atoms with van der Waals surface area (Å²) in [6.45, 7) is 0.534. The van der Waals surface area contributed by atoms with E-state index in [4.69, 9.17) is 16.9 Å². The minimum atomic E-state index is 0.534. The predicted octanol–water partition coefficient (Wildman–Crippen LogP) is 3.63. The van der Waals surface area contributed by atoms with E-state index in [1.165, 1.54) is 0 Å². The topological polar surface area (TPSA) is 66.0 Å². The Labute approximate surface area is 134 Å². The number of imidazole rings is 1. The highest BCUT2D eigenvalue weighted by atomic mass is 79.9. The second-order valence-electron chi connectivity index (χ2n) is 4.35. The van der Waals surface area contributed by atoms with Gasteiger partial charge in [0.2, 0.25) is 0 Å². The first kappa shape index (κ1) is 13.9. The average Bonchev–Trinajstić information content (AvgIpc) is 2.89. The largest absolute Gasteiger partial charge is 0.378 e. The molecule has 0 saturated heterocycles. The number of anilines is 1. The molecule has 0 aliphatic carbocycles.